The van der Waals surface area contributed by atoms with Gasteiger partial charge in [0, 0.05) is 17.1 Å². The van der Waals surface area contributed by atoms with Gasteiger partial charge in [0.2, 0.25) is 0 Å². The molecule has 4 amide bonds. The molecule has 1 aliphatic carbocycles. The second kappa shape index (κ2) is 8.92. The van der Waals surface area contributed by atoms with E-state index in [1.165, 1.54) is 12.1 Å². The highest BCUT2D eigenvalue weighted by atomic mass is 19.1. The van der Waals surface area contributed by atoms with Gasteiger partial charge in [-0.15, -0.1) is 0 Å². The van der Waals surface area contributed by atoms with Crippen molar-refractivity contribution in [3.05, 3.63) is 53.1 Å². The quantitative estimate of drug-likeness (QED) is 0.516. The summed E-state index contributed by atoms with van der Waals surface area (Å²) in [5, 5.41) is 3.38. The Morgan fingerprint density at radius 2 is 1.82 bits per heavy atom. The van der Waals surface area contributed by atoms with Crippen LogP contribution in [0.1, 0.15) is 54.4 Å². The van der Waals surface area contributed by atoms with E-state index in [-0.39, 0.29) is 11.4 Å². The van der Waals surface area contributed by atoms with Crippen molar-refractivity contribution >= 4 is 23.8 Å². The summed E-state index contributed by atoms with van der Waals surface area (Å²) in [4.78, 5) is 50.1. The van der Waals surface area contributed by atoms with E-state index in [4.69, 9.17) is 4.74 Å². The number of nitrogens with zero attached hydrogens (tertiary/aromatic N) is 2. The first kappa shape index (κ1) is 23.5. The molecule has 180 valence electrons. The van der Waals surface area contributed by atoms with Crippen LogP contribution in [0.2, 0.25) is 0 Å². The van der Waals surface area contributed by atoms with Crippen molar-refractivity contribution in [1.82, 2.24) is 20.3 Å². The molecule has 4 rings (SSSR count). The molecular weight excluding hydrogens is 443 g/mol. The van der Waals surface area contributed by atoms with Crippen LogP contribution in [-0.2, 0) is 14.3 Å². The molecule has 2 aromatic rings. The lowest BCUT2D eigenvalue weighted by Gasteiger charge is -2.33. The van der Waals surface area contributed by atoms with Gasteiger partial charge in [-0.3, -0.25) is 15.0 Å². The number of urea groups is 1. The van der Waals surface area contributed by atoms with Crippen molar-refractivity contribution < 1.29 is 28.3 Å². The molecular formula is C24H27FN4O5. The van der Waals surface area contributed by atoms with Gasteiger partial charge in [-0.2, -0.15) is 5.01 Å². The summed E-state index contributed by atoms with van der Waals surface area (Å²) in [5.41, 5.74) is 3.49. The fourth-order valence-corrected chi connectivity index (χ4v) is 4.64. The first-order chi connectivity index (χ1) is 16.1. The van der Waals surface area contributed by atoms with E-state index in [0.29, 0.717) is 35.1 Å². The third-order valence-corrected chi connectivity index (χ3v) is 6.60. The molecule has 34 heavy (non-hydrogen) atoms. The second-order valence-electron chi connectivity index (χ2n) is 9.04. The average molecular weight is 471 g/mol. The molecule has 2 fully saturated rings. The van der Waals surface area contributed by atoms with Gasteiger partial charge in [0.05, 0.1) is 5.56 Å². The number of rotatable bonds is 5. The van der Waals surface area contributed by atoms with Gasteiger partial charge in [0.15, 0.2) is 6.61 Å². The summed E-state index contributed by atoms with van der Waals surface area (Å²) in [5.74, 6) is -1.92. The number of aryl methyl sites for hydroxylation is 1. The maximum atomic E-state index is 13.3. The lowest BCUT2D eigenvalue weighted by atomic mass is 9.77. The summed E-state index contributed by atoms with van der Waals surface area (Å²) >= 11 is 0. The lowest BCUT2D eigenvalue weighted by molar-refractivity contribution is -0.141. The van der Waals surface area contributed by atoms with Crippen molar-refractivity contribution in [3.8, 4) is 5.69 Å². The van der Waals surface area contributed by atoms with Crippen molar-refractivity contribution in [3.63, 3.8) is 0 Å². The van der Waals surface area contributed by atoms with Crippen LogP contribution in [0.4, 0.5) is 9.18 Å². The Morgan fingerprint density at radius 1 is 1.18 bits per heavy atom. The Balaban J connectivity index is 1.38. The number of nitrogens with one attached hydrogen (secondary N) is 2. The Bertz CT molecular complexity index is 1150. The molecule has 1 saturated carbocycles. The van der Waals surface area contributed by atoms with Crippen molar-refractivity contribution in [1.29, 1.82) is 0 Å². The normalized spacial score (nSPS) is 22.1. The molecule has 1 aliphatic heterocycles. The van der Waals surface area contributed by atoms with E-state index in [1.807, 2.05) is 0 Å². The number of aromatic nitrogens is 1. The molecule has 9 nitrogen and oxygen atoms in total. The molecule has 2 N–H and O–H groups in total. The molecule has 1 aromatic carbocycles. The Hall–Kier alpha value is -3.69. The van der Waals surface area contributed by atoms with Crippen molar-refractivity contribution in [2.75, 3.05) is 6.61 Å². The van der Waals surface area contributed by atoms with Crippen LogP contribution < -0.4 is 10.7 Å². The fraction of sp³-hybridized carbons (Fsp3) is 0.417. The van der Waals surface area contributed by atoms with Crippen LogP contribution in [0.25, 0.3) is 5.69 Å². The largest absolute Gasteiger partial charge is 0.452 e. The number of benzene rings is 1. The van der Waals surface area contributed by atoms with Crippen LogP contribution in [-0.4, -0.2) is 45.5 Å². The average Bonchev–Trinajstić information content (AvgIpc) is 3.22. The van der Waals surface area contributed by atoms with Crippen LogP contribution >= 0.6 is 0 Å². The highest BCUT2D eigenvalue weighted by molar-refractivity contribution is 6.08. The van der Waals surface area contributed by atoms with Gasteiger partial charge in [-0.1, -0.05) is 6.92 Å². The number of halogens is 1. The van der Waals surface area contributed by atoms with Gasteiger partial charge in [-0.25, -0.2) is 14.0 Å². The van der Waals surface area contributed by atoms with E-state index >= 15 is 0 Å². The van der Waals surface area contributed by atoms with E-state index in [1.54, 1.807) is 36.6 Å². The van der Waals surface area contributed by atoms with E-state index < -0.39 is 36.0 Å². The number of imide groups is 1. The van der Waals surface area contributed by atoms with Gasteiger partial charge in [0.25, 0.3) is 11.8 Å². The number of hydrazine groups is 1. The van der Waals surface area contributed by atoms with Crippen LogP contribution in [0.3, 0.4) is 0 Å². The monoisotopic (exact) mass is 470 g/mol. The number of amides is 4. The third kappa shape index (κ3) is 4.27. The van der Waals surface area contributed by atoms with E-state index in [0.717, 1.165) is 18.5 Å². The van der Waals surface area contributed by atoms with Gasteiger partial charge in [-0.05, 0) is 75.8 Å². The molecule has 0 bridgehead atoms. The fourth-order valence-electron chi connectivity index (χ4n) is 4.64. The predicted molar refractivity (Wildman–Crippen MR) is 119 cm³/mol. The number of hydrogen-bond donors (Lipinski definition) is 2. The molecule has 1 spiro atoms. The van der Waals surface area contributed by atoms with E-state index in [9.17, 15) is 23.6 Å². The van der Waals surface area contributed by atoms with Crippen molar-refractivity contribution in [2.24, 2.45) is 5.92 Å². The van der Waals surface area contributed by atoms with Crippen LogP contribution in [0, 0.1) is 25.6 Å². The Morgan fingerprint density at radius 3 is 2.47 bits per heavy atom. The standard InChI is InChI=1S/C24H27FN4O5/c1-14-8-10-24(11-9-14)22(32)29(23(33)26-24)27-20(30)13-34-21(31)19-12-15(2)28(16(19)3)18-6-4-17(25)5-7-18/h4-7,12,14H,8-11,13H2,1-3H3,(H,26,33)(H,27,30). The SMILES string of the molecule is Cc1cc(C(=O)OCC(=O)NN2C(=O)NC3(CCC(C)CC3)C2=O)c(C)n1-c1ccc(F)cc1. The molecule has 1 aromatic heterocycles. The minimum atomic E-state index is -0.981. The zero-order valence-electron chi connectivity index (χ0n) is 19.3. The number of hydrogen-bond acceptors (Lipinski definition) is 5. The minimum Gasteiger partial charge on any atom is -0.452 e. The Kier molecular flexibility index (Phi) is 6.16. The zero-order valence-corrected chi connectivity index (χ0v) is 19.3. The molecule has 2 aliphatic rings. The molecule has 0 radical (unpaired) electrons. The number of ether oxygens (including phenoxy) is 1. The first-order valence-electron chi connectivity index (χ1n) is 11.2. The summed E-state index contributed by atoms with van der Waals surface area (Å²) in [7, 11) is 0. The summed E-state index contributed by atoms with van der Waals surface area (Å²) in [6.07, 6.45) is 2.65. The van der Waals surface area contributed by atoms with Crippen molar-refractivity contribution in [2.45, 2.75) is 52.0 Å². The molecule has 1 saturated heterocycles. The van der Waals surface area contributed by atoms with E-state index in [2.05, 4.69) is 17.7 Å². The number of carbonyl (C=O) groups is 4. The summed E-state index contributed by atoms with van der Waals surface area (Å²) in [6, 6.07) is 6.76. The predicted octanol–water partition coefficient (Wildman–Crippen LogP) is 2.92. The molecule has 0 atom stereocenters. The van der Waals surface area contributed by atoms with Gasteiger partial charge in [0.1, 0.15) is 11.4 Å². The van der Waals surface area contributed by atoms with Crippen LogP contribution in [0.5, 0.6) is 0 Å². The zero-order chi connectivity index (χ0) is 24.6. The highest BCUT2D eigenvalue weighted by Crippen LogP contribution is 2.35. The van der Waals surface area contributed by atoms with Gasteiger partial charge >= 0.3 is 12.0 Å². The number of carbonyl (C=O) groups excluding carboxylic acids is 4. The highest BCUT2D eigenvalue weighted by Gasteiger charge is 2.52. The third-order valence-electron chi connectivity index (χ3n) is 6.60. The Labute approximate surface area is 196 Å². The number of esters is 1. The smallest absolute Gasteiger partial charge is 0.344 e. The first-order valence-corrected chi connectivity index (χ1v) is 11.2. The second-order valence-corrected chi connectivity index (χ2v) is 9.04. The topological polar surface area (TPSA) is 110 Å². The maximum absolute atomic E-state index is 13.3. The van der Waals surface area contributed by atoms with Crippen LogP contribution in [0.15, 0.2) is 30.3 Å². The summed E-state index contributed by atoms with van der Waals surface area (Å²) in [6.45, 7) is 4.93. The molecule has 10 heteroatoms. The minimum absolute atomic E-state index is 0.250. The molecule has 2 heterocycles. The summed E-state index contributed by atoms with van der Waals surface area (Å²) < 4.78 is 20.2. The lowest BCUT2D eigenvalue weighted by Crippen LogP contribution is -2.52. The van der Waals surface area contributed by atoms with Gasteiger partial charge < -0.3 is 14.6 Å². The maximum Gasteiger partial charge on any atom is 0.344 e. The molecule has 0 unspecified atom stereocenters.